The van der Waals surface area contributed by atoms with Gasteiger partial charge in [0, 0.05) is 6.42 Å². The van der Waals surface area contributed by atoms with Crippen molar-refractivity contribution in [3.63, 3.8) is 0 Å². The van der Waals surface area contributed by atoms with Gasteiger partial charge in [-0.3, -0.25) is 0 Å². The molecule has 1 unspecified atom stereocenters. The van der Waals surface area contributed by atoms with Crippen LogP contribution >= 0.6 is 0 Å². The molecule has 0 heterocycles. The molecule has 0 aliphatic heterocycles. The largest absolute Gasteiger partial charge is 0.303 e. The van der Waals surface area contributed by atoms with Crippen LogP contribution < -0.4 is 0 Å². The number of carbonyl (C=O) groups excluding carboxylic acids is 1. The topological polar surface area (TPSA) is 17.1 Å². The van der Waals surface area contributed by atoms with Gasteiger partial charge >= 0.3 is 0 Å². The Bertz CT molecular complexity index is 125. The van der Waals surface area contributed by atoms with Crippen LogP contribution in [0.15, 0.2) is 0 Å². The van der Waals surface area contributed by atoms with Crippen molar-refractivity contribution in [2.24, 2.45) is 11.8 Å². The molecule has 0 N–H and O–H groups in total. The Balaban J connectivity index is 2.03. The average molecular weight is 168 g/mol. The quantitative estimate of drug-likeness (QED) is 0.576. The molecule has 12 heavy (non-hydrogen) atoms. The number of hydrogen-bond acceptors (Lipinski definition) is 1. The minimum Gasteiger partial charge on any atom is -0.303 e. The smallest absolute Gasteiger partial charge is 0.120 e. The highest BCUT2D eigenvalue weighted by atomic mass is 16.1. The first kappa shape index (κ1) is 9.76. The van der Waals surface area contributed by atoms with Crippen molar-refractivity contribution < 1.29 is 4.79 Å². The van der Waals surface area contributed by atoms with E-state index < -0.39 is 0 Å². The first-order valence-electron chi connectivity index (χ1n) is 5.26. The van der Waals surface area contributed by atoms with Crippen LogP contribution in [0.4, 0.5) is 0 Å². The first-order chi connectivity index (χ1) is 5.83. The van der Waals surface area contributed by atoms with Gasteiger partial charge in [-0.2, -0.15) is 0 Å². The summed E-state index contributed by atoms with van der Waals surface area (Å²) < 4.78 is 0. The van der Waals surface area contributed by atoms with E-state index in [0.29, 0.717) is 5.92 Å². The van der Waals surface area contributed by atoms with Gasteiger partial charge in [-0.25, -0.2) is 0 Å². The molecule has 1 nitrogen and oxygen atoms in total. The summed E-state index contributed by atoms with van der Waals surface area (Å²) in [4.78, 5) is 10.2. The summed E-state index contributed by atoms with van der Waals surface area (Å²) in [6, 6.07) is 0. The third-order valence-electron chi connectivity index (χ3n) is 3.04. The minimum absolute atomic E-state index is 0.614. The summed E-state index contributed by atoms with van der Waals surface area (Å²) in [5, 5.41) is 0. The maximum Gasteiger partial charge on any atom is 0.120 e. The molecule has 1 aliphatic rings. The van der Waals surface area contributed by atoms with E-state index in [9.17, 15) is 4.79 Å². The van der Waals surface area contributed by atoms with Gasteiger partial charge in [-0.05, 0) is 11.8 Å². The predicted octanol–water partition coefficient (Wildman–Crippen LogP) is 3.18. The molecular weight excluding hydrogens is 148 g/mol. The van der Waals surface area contributed by atoms with E-state index in [1.807, 2.05) is 0 Å². The lowest BCUT2D eigenvalue weighted by Crippen LogP contribution is -2.00. The fourth-order valence-electron chi connectivity index (χ4n) is 2.10. The highest BCUT2D eigenvalue weighted by Gasteiger charge is 2.15. The van der Waals surface area contributed by atoms with Gasteiger partial charge in [0.15, 0.2) is 0 Å². The van der Waals surface area contributed by atoms with Crippen LogP contribution in [-0.2, 0) is 4.79 Å². The zero-order chi connectivity index (χ0) is 8.81. The molecule has 0 spiro atoms. The van der Waals surface area contributed by atoms with Gasteiger partial charge in [-0.1, -0.05) is 45.4 Å². The Morgan fingerprint density at radius 2 is 2.08 bits per heavy atom. The van der Waals surface area contributed by atoms with Gasteiger partial charge in [0.1, 0.15) is 6.29 Å². The molecule has 0 aromatic carbocycles. The Labute approximate surface area is 75.5 Å². The summed E-state index contributed by atoms with van der Waals surface area (Å²) in [5.74, 6) is 1.60. The Kier molecular flexibility index (Phi) is 4.34. The van der Waals surface area contributed by atoms with Gasteiger partial charge in [0.2, 0.25) is 0 Å². The maximum absolute atomic E-state index is 10.2. The molecule has 0 amide bonds. The number of rotatable bonds is 5. The fourth-order valence-corrected chi connectivity index (χ4v) is 2.10. The molecule has 1 aliphatic carbocycles. The van der Waals surface area contributed by atoms with E-state index in [0.717, 1.165) is 18.6 Å². The van der Waals surface area contributed by atoms with Crippen LogP contribution in [0.1, 0.15) is 51.9 Å². The molecule has 0 radical (unpaired) electrons. The SMILES string of the molecule is CC(CC=O)CCC1CCCC1. The van der Waals surface area contributed by atoms with E-state index >= 15 is 0 Å². The molecule has 0 aromatic rings. The normalized spacial score (nSPS) is 21.1. The predicted molar refractivity (Wildman–Crippen MR) is 51.0 cm³/mol. The third kappa shape index (κ3) is 3.38. The number of aldehydes is 1. The third-order valence-corrected chi connectivity index (χ3v) is 3.04. The molecule has 0 aromatic heterocycles. The van der Waals surface area contributed by atoms with Crippen molar-refractivity contribution in [2.75, 3.05) is 0 Å². The van der Waals surface area contributed by atoms with Crippen LogP contribution in [0, 0.1) is 11.8 Å². The second-order valence-corrected chi connectivity index (χ2v) is 4.24. The lowest BCUT2D eigenvalue weighted by atomic mass is 9.94. The average Bonchev–Trinajstić information content (AvgIpc) is 2.53. The van der Waals surface area contributed by atoms with Crippen molar-refractivity contribution in [3.05, 3.63) is 0 Å². The van der Waals surface area contributed by atoms with Crippen molar-refractivity contribution in [2.45, 2.75) is 51.9 Å². The monoisotopic (exact) mass is 168 g/mol. The number of hydrogen-bond donors (Lipinski definition) is 0. The van der Waals surface area contributed by atoms with E-state index in [-0.39, 0.29) is 0 Å². The Morgan fingerprint density at radius 1 is 1.42 bits per heavy atom. The second kappa shape index (κ2) is 5.34. The van der Waals surface area contributed by atoms with Gasteiger partial charge in [0.05, 0.1) is 0 Å². The van der Waals surface area contributed by atoms with Crippen molar-refractivity contribution in [1.29, 1.82) is 0 Å². The van der Waals surface area contributed by atoms with E-state index in [1.165, 1.54) is 38.5 Å². The molecule has 1 atom stereocenters. The highest BCUT2D eigenvalue weighted by Crippen LogP contribution is 2.29. The summed E-state index contributed by atoms with van der Waals surface area (Å²) in [6.45, 7) is 2.18. The van der Waals surface area contributed by atoms with Gasteiger partial charge in [0.25, 0.3) is 0 Å². The standard InChI is InChI=1S/C11H20O/c1-10(8-9-12)6-7-11-4-2-3-5-11/h9-11H,2-8H2,1H3. The molecule has 1 fully saturated rings. The zero-order valence-electron chi connectivity index (χ0n) is 8.09. The fraction of sp³-hybridized carbons (Fsp3) is 0.909. The van der Waals surface area contributed by atoms with E-state index in [1.54, 1.807) is 0 Å². The van der Waals surface area contributed by atoms with Crippen LogP contribution in [-0.4, -0.2) is 6.29 Å². The summed E-state index contributed by atoms with van der Waals surface area (Å²) in [6.07, 6.45) is 10.2. The van der Waals surface area contributed by atoms with Gasteiger partial charge < -0.3 is 4.79 Å². The van der Waals surface area contributed by atoms with E-state index in [4.69, 9.17) is 0 Å². The molecule has 1 heteroatoms. The van der Waals surface area contributed by atoms with Crippen LogP contribution in [0.3, 0.4) is 0 Å². The Morgan fingerprint density at radius 3 is 2.67 bits per heavy atom. The van der Waals surface area contributed by atoms with Crippen molar-refractivity contribution in [1.82, 2.24) is 0 Å². The lowest BCUT2D eigenvalue weighted by Gasteiger charge is -2.11. The molecule has 70 valence electrons. The van der Waals surface area contributed by atoms with Crippen molar-refractivity contribution in [3.8, 4) is 0 Å². The van der Waals surface area contributed by atoms with Crippen LogP contribution in [0.25, 0.3) is 0 Å². The Hall–Kier alpha value is -0.330. The highest BCUT2D eigenvalue weighted by molar-refractivity contribution is 5.49. The number of carbonyl (C=O) groups is 1. The molecule has 1 saturated carbocycles. The minimum atomic E-state index is 0.614. The molecule has 0 saturated heterocycles. The zero-order valence-corrected chi connectivity index (χ0v) is 8.09. The van der Waals surface area contributed by atoms with Crippen LogP contribution in [0.2, 0.25) is 0 Å². The van der Waals surface area contributed by atoms with Crippen LogP contribution in [0.5, 0.6) is 0 Å². The first-order valence-corrected chi connectivity index (χ1v) is 5.26. The molecule has 1 rings (SSSR count). The van der Waals surface area contributed by atoms with Gasteiger partial charge in [-0.15, -0.1) is 0 Å². The lowest BCUT2D eigenvalue weighted by molar-refractivity contribution is -0.108. The molecular formula is C11H20O. The van der Waals surface area contributed by atoms with E-state index in [2.05, 4.69) is 6.92 Å². The maximum atomic E-state index is 10.2. The summed E-state index contributed by atoms with van der Waals surface area (Å²) in [5.41, 5.74) is 0. The summed E-state index contributed by atoms with van der Waals surface area (Å²) >= 11 is 0. The van der Waals surface area contributed by atoms with Crippen molar-refractivity contribution >= 4 is 6.29 Å². The second-order valence-electron chi connectivity index (χ2n) is 4.24. The molecule has 0 bridgehead atoms. The summed E-state index contributed by atoms with van der Waals surface area (Å²) in [7, 11) is 0.